The molecular formula is C19H21NO4. The van der Waals surface area contributed by atoms with Gasteiger partial charge in [-0.2, -0.15) is 0 Å². The Hall–Kier alpha value is -2.82. The predicted molar refractivity (Wildman–Crippen MR) is 91.2 cm³/mol. The quantitative estimate of drug-likeness (QED) is 0.854. The zero-order valence-electron chi connectivity index (χ0n) is 13.9. The lowest BCUT2D eigenvalue weighted by molar-refractivity contribution is -0.142. The highest BCUT2D eigenvalue weighted by atomic mass is 16.5. The van der Waals surface area contributed by atoms with Gasteiger partial charge < -0.3 is 15.2 Å². The van der Waals surface area contributed by atoms with Crippen LogP contribution in [0.3, 0.4) is 0 Å². The van der Waals surface area contributed by atoms with Gasteiger partial charge in [-0.3, -0.25) is 9.59 Å². The van der Waals surface area contributed by atoms with Gasteiger partial charge in [0.1, 0.15) is 5.75 Å². The number of rotatable bonds is 6. The average Bonchev–Trinajstić information content (AvgIpc) is 2.59. The van der Waals surface area contributed by atoms with Crippen molar-refractivity contribution >= 4 is 11.9 Å². The molecule has 5 heteroatoms. The number of carboxylic acids is 1. The summed E-state index contributed by atoms with van der Waals surface area (Å²) in [4.78, 5) is 24.0. The summed E-state index contributed by atoms with van der Waals surface area (Å²) in [6.45, 7) is 3.40. The van der Waals surface area contributed by atoms with Crippen molar-refractivity contribution < 1.29 is 19.4 Å². The molecule has 1 amide bonds. The zero-order valence-corrected chi connectivity index (χ0v) is 13.9. The monoisotopic (exact) mass is 327 g/mol. The van der Waals surface area contributed by atoms with Gasteiger partial charge in [-0.15, -0.1) is 0 Å². The first-order valence-corrected chi connectivity index (χ1v) is 7.67. The third-order valence-electron chi connectivity index (χ3n) is 4.01. The van der Waals surface area contributed by atoms with E-state index >= 15 is 0 Å². The van der Waals surface area contributed by atoms with Crippen LogP contribution in [0.2, 0.25) is 0 Å². The highest BCUT2D eigenvalue weighted by Gasteiger charge is 2.27. The van der Waals surface area contributed by atoms with E-state index in [9.17, 15) is 14.7 Å². The summed E-state index contributed by atoms with van der Waals surface area (Å²) >= 11 is 0. The van der Waals surface area contributed by atoms with Crippen molar-refractivity contribution in [2.75, 3.05) is 7.11 Å². The van der Waals surface area contributed by atoms with Gasteiger partial charge in [0.05, 0.1) is 19.1 Å². The Kier molecular flexibility index (Phi) is 5.58. The Morgan fingerprint density at radius 1 is 1.12 bits per heavy atom. The largest absolute Gasteiger partial charge is 0.497 e. The van der Waals surface area contributed by atoms with Gasteiger partial charge in [-0.1, -0.05) is 30.3 Å². The lowest BCUT2D eigenvalue weighted by atomic mass is 9.94. The molecule has 0 aliphatic rings. The minimum Gasteiger partial charge on any atom is -0.497 e. The predicted octanol–water partition coefficient (Wildman–Crippen LogP) is 3.20. The van der Waals surface area contributed by atoms with Crippen LogP contribution in [-0.2, 0) is 4.79 Å². The van der Waals surface area contributed by atoms with Gasteiger partial charge in [0.25, 0.3) is 5.91 Å². The van der Waals surface area contributed by atoms with Crippen LogP contribution in [0.4, 0.5) is 0 Å². The molecule has 0 saturated carbocycles. The van der Waals surface area contributed by atoms with Crippen molar-refractivity contribution in [3.63, 3.8) is 0 Å². The summed E-state index contributed by atoms with van der Waals surface area (Å²) in [7, 11) is 1.56. The number of carbonyl (C=O) groups is 2. The maximum atomic E-state index is 12.6. The number of benzene rings is 2. The Morgan fingerprint density at radius 3 is 2.33 bits per heavy atom. The molecule has 0 aromatic heterocycles. The van der Waals surface area contributed by atoms with E-state index in [1.165, 1.54) is 0 Å². The molecule has 2 rings (SSSR count). The summed E-state index contributed by atoms with van der Waals surface area (Å²) in [6.07, 6.45) is 0. The molecule has 5 nitrogen and oxygen atoms in total. The van der Waals surface area contributed by atoms with Gasteiger partial charge in [0.15, 0.2) is 0 Å². The van der Waals surface area contributed by atoms with Gasteiger partial charge in [0.2, 0.25) is 0 Å². The van der Waals surface area contributed by atoms with E-state index in [1.54, 1.807) is 32.2 Å². The highest BCUT2D eigenvalue weighted by molar-refractivity contribution is 5.96. The first kappa shape index (κ1) is 17.5. The average molecular weight is 327 g/mol. The lowest BCUT2D eigenvalue weighted by Crippen LogP contribution is -2.35. The van der Waals surface area contributed by atoms with E-state index in [-0.39, 0.29) is 5.91 Å². The van der Waals surface area contributed by atoms with E-state index in [4.69, 9.17) is 4.74 Å². The van der Waals surface area contributed by atoms with Crippen molar-refractivity contribution in [1.29, 1.82) is 0 Å². The number of methoxy groups -OCH3 is 1. The summed E-state index contributed by atoms with van der Waals surface area (Å²) in [5, 5.41) is 12.2. The third kappa shape index (κ3) is 3.93. The van der Waals surface area contributed by atoms with Crippen LogP contribution in [0.5, 0.6) is 5.75 Å². The molecule has 0 bridgehead atoms. The second kappa shape index (κ2) is 7.64. The molecule has 2 aromatic rings. The normalized spacial score (nSPS) is 13.0. The minimum absolute atomic E-state index is 0.308. The summed E-state index contributed by atoms with van der Waals surface area (Å²) in [6, 6.07) is 13.7. The molecule has 0 aliphatic heterocycles. The second-order valence-corrected chi connectivity index (χ2v) is 5.67. The Labute approximate surface area is 141 Å². The zero-order chi connectivity index (χ0) is 17.7. The molecular weight excluding hydrogens is 306 g/mol. The minimum atomic E-state index is -0.962. The SMILES string of the molecule is COc1ccc(C(=O)NC(c2ccccc2)C(C)C(=O)O)c(C)c1. The van der Waals surface area contributed by atoms with Crippen molar-refractivity contribution in [2.45, 2.75) is 19.9 Å². The molecule has 0 heterocycles. The molecule has 0 spiro atoms. The van der Waals surface area contributed by atoms with E-state index in [1.807, 2.05) is 37.3 Å². The number of hydrogen-bond acceptors (Lipinski definition) is 3. The fraction of sp³-hybridized carbons (Fsp3) is 0.263. The smallest absolute Gasteiger partial charge is 0.308 e. The van der Waals surface area contributed by atoms with E-state index in [2.05, 4.69) is 5.32 Å². The van der Waals surface area contributed by atoms with Gasteiger partial charge >= 0.3 is 5.97 Å². The number of hydrogen-bond donors (Lipinski definition) is 2. The second-order valence-electron chi connectivity index (χ2n) is 5.67. The van der Waals surface area contributed by atoms with Crippen LogP contribution >= 0.6 is 0 Å². The molecule has 0 aliphatic carbocycles. The van der Waals surface area contributed by atoms with Crippen LogP contribution < -0.4 is 10.1 Å². The van der Waals surface area contributed by atoms with Gasteiger partial charge in [-0.25, -0.2) is 0 Å². The molecule has 24 heavy (non-hydrogen) atoms. The molecule has 0 radical (unpaired) electrons. The van der Waals surface area contributed by atoms with E-state index in [0.717, 1.165) is 11.1 Å². The summed E-state index contributed by atoms with van der Waals surface area (Å²) < 4.78 is 5.14. The molecule has 2 unspecified atom stereocenters. The number of aryl methyl sites for hydroxylation is 1. The van der Waals surface area contributed by atoms with Crippen molar-refractivity contribution in [3.05, 3.63) is 65.2 Å². The fourth-order valence-corrected chi connectivity index (χ4v) is 2.54. The van der Waals surface area contributed by atoms with Gasteiger partial charge in [-0.05, 0) is 43.2 Å². The Bertz CT molecular complexity index is 727. The highest BCUT2D eigenvalue weighted by Crippen LogP contribution is 2.24. The number of carboxylic acid groups (broad SMARTS) is 1. The first-order chi connectivity index (χ1) is 11.4. The topological polar surface area (TPSA) is 75.6 Å². The third-order valence-corrected chi connectivity index (χ3v) is 4.01. The lowest BCUT2D eigenvalue weighted by Gasteiger charge is -2.23. The molecule has 0 fully saturated rings. The summed E-state index contributed by atoms with van der Waals surface area (Å²) in [5.74, 6) is -1.36. The first-order valence-electron chi connectivity index (χ1n) is 7.67. The van der Waals surface area contributed by atoms with Crippen molar-refractivity contribution in [2.24, 2.45) is 5.92 Å². The number of ether oxygens (including phenoxy) is 1. The van der Waals surface area contributed by atoms with Crippen LogP contribution in [-0.4, -0.2) is 24.1 Å². The number of amides is 1. The number of carbonyl (C=O) groups excluding carboxylic acids is 1. The molecule has 0 saturated heterocycles. The fourth-order valence-electron chi connectivity index (χ4n) is 2.54. The maximum absolute atomic E-state index is 12.6. The Balaban J connectivity index is 2.29. The molecule has 126 valence electrons. The summed E-state index contributed by atoms with van der Waals surface area (Å²) in [5.41, 5.74) is 2.02. The number of aliphatic carboxylic acids is 1. The Morgan fingerprint density at radius 2 is 1.79 bits per heavy atom. The van der Waals surface area contributed by atoms with Crippen molar-refractivity contribution in [3.8, 4) is 5.75 Å². The maximum Gasteiger partial charge on any atom is 0.308 e. The van der Waals surface area contributed by atoms with Crippen LogP contribution in [0.1, 0.15) is 34.5 Å². The molecule has 2 atom stereocenters. The van der Waals surface area contributed by atoms with E-state index < -0.39 is 17.9 Å². The molecule has 2 aromatic carbocycles. The van der Waals surface area contributed by atoms with Crippen LogP contribution in [0.25, 0.3) is 0 Å². The molecule has 2 N–H and O–H groups in total. The van der Waals surface area contributed by atoms with E-state index in [0.29, 0.717) is 11.3 Å². The van der Waals surface area contributed by atoms with Crippen LogP contribution in [0.15, 0.2) is 48.5 Å². The standard InChI is InChI=1S/C19H21NO4/c1-12-11-15(24-3)9-10-16(12)18(21)20-17(13(2)19(22)23)14-7-5-4-6-8-14/h4-11,13,17H,1-3H3,(H,20,21)(H,22,23). The van der Waals surface area contributed by atoms with Crippen LogP contribution in [0, 0.1) is 12.8 Å². The number of nitrogens with one attached hydrogen (secondary N) is 1. The van der Waals surface area contributed by atoms with Gasteiger partial charge in [0, 0.05) is 5.56 Å². The van der Waals surface area contributed by atoms with Crippen molar-refractivity contribution in [1.82, 2.24) is 5.32 Å².